The number of hydrogen-bond acceptors (Lipinski definition) is 2. The molecule has 82 valence electrons. The molecule has 2 aliphatic heterocycles. The maximum absolute atomic E-state index is 3.59. The Morgan fingerprint density at radius 1 is 1.21 bits per heavy atom. The zero-order chi connectivity index (χ0) is 9.97. The first kappa shape index (κ1) is 10.4. The zero-order valence-electron chi connectivity index (χ0n) is 9.63. The van der Waals surface area contributed by atoms with Crippen LogP contribution in [0.3, 0.4) is 0 Å². The largest absolute Gasteiger partial charge is 0.313 e. The van der Waals surface area contributed by atoms with E-state index in [1.165, 1.54) is 45.4 Å². The summed E-state index contributed by atoms with van der Waals surface area (Å²) in [4.78, 5) is 2.67. The molecular formula is C12H24N2. The van der Waals surface area contributed by atoms with Crippen molar-refractivity contribution >= 4 is 0 Å². The van der Waals surface area contributed by atoms with Crippen LogP contribution >= 0.6 is 0 Å². The van der Waals surface area contributed by atoms with Crippen molar-refractivity contribution in [3.8, 4) is 0 Å². The van der Waals surface area contributed by atoms with Gasteiger partial charge in [0.2, 0.25) is 0 Å². The molecule has 0 aliphatic carbocycles. The van der Waals surface area contributed by atoms with Crippen LogP contribution in [-0.2, 0) is 0 Å². The van der Waals surface area contributed by atoms with Crippen LogP contribution in [0.2, 0.25) is 0 Å². The van der Waals surface area contributed by atoms with E-state index in [4.69, 9.17) is 0 Å². The van der Waals surface area contributed by atoms with Gasteiger partial charge >= 0.3 is 0 Å². The van der Waals surface area contributed by atoms with Gasteiger partial charge in [-0.25, -0.2) is 0 Å². The average molecular weight is 196 g/mol. The molecule has 0 spiro atoms. The van der Waals surface area contributed by atoms with Crippen LogP contribution in [0.4, 0.5) is 0 Å². The number of piperidine rings is 1. The van der Waals surface area contributed by atoms with Crippen LogP contribution in [0.15, 0.2) is 0 Å². The second-order valence-corrected chi connectivity index (χ2v) is 5.46. The van der Waals surface area contributed by atoms with E-state index in [1.54, 1.807) is 0 Å². The number of rotatable bonds is 2. The molecule has 0 saturated carbocycles. The van der Waals surface area contributed by atoms with E-state index in [0.717, 1.165) is 17.9 Å². The Labute approximate surface area is 88.1 Å². The van der Waals surface area contributed by atoms with Gasteiger partial charge in [-0.2, -0.15) is 0 Å². The van der Waals surface area contributed by atoms with Crippen molar-refractivity contribution in [3.05, 3.63) is 0 Å². The smallest absolute Gasteiger partial charge is 0.0195 e. The van der Waals surface area contributed by atoms with Crippen LogP contribution in [0.5, 0.6) is 0 Å². The van der Waals surface area contributed by atoms with Gasteiger partial charge in [0.1, 0.15) is 0 Å². The van der Waals surface area contributed by atoms with Gasteiger partial charge in [-0.05, 0) is 37.6 Å². The number of likely N-dealkylation sites (tertiary alicyclic amines) is 1. The predicted octanol–water partition coefficient (Wildman–Crippen LogP) is 1.72. The summed E-state index contributed by atoms with van der Waals surface area (Å²) in [5.74, 6) is 1.81. The molecule has 2 saturated heterocycles. The van der Waals surface area contributed by atoms with Crippen LogP contribution in [0, 0.1) is 11.8 Å². The molecule has 2 aliphatic rings. The number of nitrogens with zero attached hydrogens (tertiary/aromatic N) is 1. The Hall–Kier alpha value is -0.0800. The second kappa shape index (κ2) is 4.63. The summed E-state index contributed by atoms with van der Waals surface area (Å²) in [6.45, 7) is 9.96. The SMILES string of the molecule is CC1CC(C)CN(C[C@H]2CCCN2)C1. The molecule has 0 aromatic heterocycles. The van der Waals surface area contributed by atoms with Gasteiger partial charge in [-0.3, -0.25) is 0 Å². The fraction of sp³-hybridized carbons (Fsp3) is 1.00. The van der Waals surface area contributed by atoms with Crippen molar-refractivity contribution in [1.82, 2.24) is 10.2 Å². The molecule has 0 aromatic rings. The van der Waals surface area contributed by atoms with Crippen LogP contribution in [0.1, 0.15) is 33.1 Å². The van der Waals surface area contributed by atoms with Crippen LogP contribution in [0.25, 0.3) is 0 Å². The van der Waals surface area contributed by atoms with Gasteiger partial charge in [-0.1, -0.05) is 13.8 Å². The minimum absolute atomic E-state index is 0.785. The highest BCUT2D eigenvalue weighted by Crippen LogP contribution is 2.21. The van der Waals surface area contributed by atoms with Gasteiger partial charge < -0.3 is 10.2 Å². The standard InChI is InChI=1S/C12H24N2/c1-10-6-11(2)8-14(7-10)9-12-4-3-5-13-12/h10-13H,3-9H2,1-2H3/t10?,11?,12-/m1/s1. The molecule has 0 aromatic carbocycles. The molecule has 1 N–H and O–H groups in total. The Balaban J connectivity index is 1.78. The monoisotopic (exact) mass is 196 g/mol. The van der Waals surface area contributed by atoms with Crippen molar-refractivity contribution in [2.75, 3.05) is 26.2 Å². The van der Waals surface area contributed by atoms with E-state index in [9.17, 15) is 0 Å². The van der Waals surface area contributed by atoms with E-state index in [-0.39, 0.29) is 0 Å². The third kappa shape index (κ3) is 2.71. The minimum atomic E-state index is 0.785. The minimum Gasteiger partial charge on any atom is -0.313 e. The molecule has 2 unspecified atom stereocenters. The highest BCUT2D eigenvalue weighted by atomic mass is 15.2. The van der Waals surface area contributed by atoms with E-state index < -0.39 is 0 Å². The Morgan fingerprint density at radius 3 is 2.50 bits per heavy atom. The molecule has 2 nitrogen and oxygen atoms in total. The summed E-state index contributed by atoms with van der Waals surface area (Å²) in [6.07, 6.45) is 4.19. The summed E-state index contributed by atoms with van der Waals surface area (Å²) in [6, 6.07) is 0.785. The molecular weight excluding hydrogens is 172 g/mol. The third-order valence-corrected chi connectivity index (χ3v) is 3.59. The lowest BCUT2D eigenvalue weighted by Crippen LogP contribution is -2.44. The van der Waals surface area contributed by atoms with Crippen molar-refractivity contribution in [3.63, 3.8) is 0 Å². The molecule has 0 radical (unpaired) electrons. The molecule has 2 rings (SSSR count). The van der Waals surface area contributed by atoms with Crippen LogP contribution in [-0.4, -0.2) is 37.1 Å². The summed E-state index contributed by atoms with van der Waals surface area (Å²) in [7, 11) is 0. The molecule has 14 heavy (non-hydrogen) atoms. The van der Waals surface area contributed by atoms with E-state index in [0.29, 0.717) is 0 Å². The maximum atomic E-state index is 3.59. The van der Waals surface area contributed by atoms with Gasteiger partial charge in [-0.15, -0.1) is 0 Å². The van der Waals surface area contributed by atoms with Crippen LogP contribution < -0.4 is 5.32 Å². The highest BCUT2D eigenvalue weighted by Gasteiger charge is 2.24. The van der Waals surface area contributed by atoms with E-state index >= 15 is 0 Å². The maximum Gasteiger partial charge on any atom is 0.0195 e. The fourth-order valence-electron chi connectivity index (χ4n) is 3.17. The molecule has 3 atom stereocenters. The quantitative estimate of drug-likeness (QED) is 0.723. The first-order valence-corrected chi connectivity index (χ1v) is 6.20. The van der Waals surface area contributed by atoms with Gasteiger partial charge in [0.05, 0.1) is 0 Å². The first-order valence-electron chi connectivity index (χ1n) is 6.20. The number of hydrogen-bond donors (Lipinski definition) is 1. The lowest BCUT2D eigenvalue weighted by Gasteiger charge is -2.36. The topological polar surface area (TPSA) is 15.3 Å². The fourth-order valence-corrected chi connectivity index (χ4v) is 3.17. The summed E-state index contributed by atoms with van der Waals surface area (Å²) >= 11 is 0. The number of nitrogens with one attached hydrogen (secondary N) is 1. The normalized spacial score (nSPS) is 40.3. The summed E-state index contributed by atoms with van der Waals surface area (Å²) < 4.78 is 0. The first-order chi connectivity index (χ1) is 6.74. The lowest BCUT2D eigenvalue weighted by molar-refractivity contribution is 0.131. The van der Waals surface area contributed by atoms with Gasteiger partial charge in [0.15, 0.2) is 0 Å². The van der Waals surface area contributed by atoms with Crippen molar-refractivity contribution in [2.24, 2.45) is 11.8 Å². The van der Waals surface area contributed by atoms with Crippen molar-refractivity contribution in [2.45, 2.75) is 39.2 Å². The molecule has 2 heteroatoms. The molecule has 2 fully saturated rings. The highest BCUT2D eigenvalue weighted by molar-refractivity contribution is 4.82. The van der Waals surface area contributed by atoms with E-state index in [1.807, 2.05) is 0 Å². The molecule has 0 bridgehead atoms. The van der Waals surface area contributed by atoms with Crippen molar-refractivity contribution < 1.29 is 0 Å². The Bertz CT molecular complexity index is 165. The third-order valence-electron chi connectivity index (χ3n) is 3.59. The second-order valence-electron chi connectivity index (χ2n) is 5.46. The Morgan fingerprint density at radius 2 is 1.93 bits per heavy atom. The Kier molecular flexibility index (Phi) is 3.45. The van der Waals surface area contributed by atoms with Gasteiger partial charge in [0, 0.05) is 25.7 Å². The molecule has 0 amide bonds. The predicted molar refractivity (Wildman–Crippen MR) is 60.4 cm³/mol. The van der Waals surface area contributed by atoms with E-state index in [2.05, 4.69) is 24.1 Å². The summed E-state index contributed by atoms with van der Waals surface area (Å²) in [5, 5.41) is 3.59. The average Bonchev–Trinajstić information content (AvgIpc) is 2.54. The lowest BCUT2D eigenvalue weighted by atomic mass is 9.91. The zero-order valence-corrected chi connectivity index (χ0v) is 9.63. The summed E-state index contributed by atoms with van der Waals surface area (Å²) in [5.41, 5.74) is 0. The van der Waals surface area contributed by atoms with Crippen molar-refractivity contribution in [1.29, 1.82) is 0 Å². The molecule has 2 heterocycles. The van der Waals surface area contributed by atoms with Gasteiger partial charge in [0.25, 0.3) is 0 Å².